The molecule has 2 aliphatic carbocycles. The molecule has 0 saturated heterocycles. The fourth-order valence-electron chi connectivity index (χ4n) is 5.05. The highest BCUT2D eigenvalue weighted by atomic mass is 79.9. The lowest BCUT2D eigenvalue weighted by Gasteiger charge is -2.42. The van der Waals surface area contributed by atoms with Gasteiger partial charge in [-0.3, -0.25) is 19.3 Å². The Morgan fingerprint density at radius 1 is 0.893 bits per heavy atom. The van der Waals surface area contributed by atoms with E-state index in [9.17, 15) is 14.4 Å². The summed E-state index contributed by atoms with van der Waals surface area (Å²) < 4.78 is 0.756. The highest BCUT2D eigenvalue weighted by Gasteiger charge is 2.40. The molecular formula is C22H27BrN2O3. The number of hydrogen-bond acceptors (Lipinski definition) is 3. The van der Waals surface area contributed by atoms with Crippen LogP contribution < -0.4 is 0 Å². The molecule has 0 spiro atoms. The average molecular weight is 447 g/mol. The largest absolute Gasteiger partial charge is 0.335 e. The van der Waals surface area contributed by atoms with E-state index in [1.165, 1.54) is 12.8 Å². The molecule has 1 heterocycles. The Labute approximate surface area is 174 Å². The molecule has 3 amide bonds. The van der Waals surface area contributed by atoms with Crippen LogP contribution in [0.4, 0.5) is 0 Å². The van der Waals surface area contributed by atoms with Crippen molar-refractivity contribution in [1.82, 2.24) is 9.80 Å². The molecule has 3 aliphatic rings. The summed E-state index contributed by atoms with van der Waals surface area (Å²) in [6.07, 6.45) is 11.2. The molecule has 1 aromatic carbocycles. The van der Waals surface area contributed by atoms with Gasteiger partial charge in [0, 0.05) is 16.6 Å². The molecule has 0 unspecified atom stereocenters. The predicted molar refractivity (Wildman–Crippen MR) is 110 cm³/mol. The van der Waals surface area contributed by atoms with E-state index in [0.717, 1.165) is 60.7 Å². The summed E-state index contributed by atoms with van der Waals surface area (Å²) in [5, 5.41) is 0. The van der Waals surface area contributed by atoms with Gasteiger partial charge in [0.2, 0.25) is 5.91 Å². The number of amides is 3. The summed E-state index contributed by atoms with van der Waals surface area (Å²) in [4.78, 5) is 42.1. The summed E-state index contributed by atoms with van der Waals surface area (Å²) in [5.41, 5.74) is 0.775. The van der Waals surface area contributed by atoms with Crippen LogP contribution in [0.25, 0.3) is 0 Å². The molecule has 0 atom stereocenters. The Balaban J connectivity index is 1.54. The molecule has 5 nitrogen and oxygen atoms in total. The average Bonchev–Trinajstić information content (AvgIpc) is 2.94. The second-order valence-electron chi connectivity index (χ2n) is 8.27. The van der Waals surface area contributed by atoms with Crippen molar-refractivity contribution in [1.29, 1.82) is 0 Å². The van der Waals surface area contributed by atoms with Gasteiger partial charge in [0.05, 0.1) is 11.1 Å². The Bertz CT molecular complexity index is 764. The van der Waals surface area contributed by atoms with Gasteiger partial charge in [-0.05, 0) is 43.9 Å². The lowest BCUT2D eigenvalue weighted by Crippen LogP contribution is -2.52. The Kier molecular flexibility index (Phi) is 5.85. The summed E-state index contributed by atoms with van der Waals surface area (Å²) in [6, 6.07) is 5.60. The number of rotatable bonds is 4. The second kappa shape index (κ2) is 8.36. The smallest absolute Gasteiger partial charge is 0.262 e. The first-order valence-electron chi connectivity index (χ1n) is 10.5. The zero-order valence-electron chi connectivity index (χ0n) is 16.2. The molecular weight excluding hydrogens is 420 g/mol. The number of carbonyl (C=O) groups is 3. The molecule has 28 heavy (non-hydrogen) atoms. The normalized spacial score (nSPS) is 21.1. The molecule has 0 radical (unpaired) electrons. The van der Waals surface area contributed by atoms with Crippen LogP contribution in [-0.2, 0) is 4.79 Å². The fourth-order valence-corrected chi connectivity index (χ4v) is 5.41. The zero-order valence-corrected chi connectivity index (χ0v) is 17.7. The van der Waals surface area contributed by atoms with E-state index in [4.69, 9.17) is 0 Å². The summed E-state index contributed by atoms with van der Waals surface area (Å²) >= 11 is 3.35. The number of imide groups is 1. The molecule has 150 valence electrons. The summed E-state index contributed by atoms with van der Waals surface area (Å²) in [6.45, 7) is -0.142. The fraction of sp³-hybridized carbons (Fsp3) is 0.591. The lowest BCUT2D eigenvalue weighted by atomic mass is 9.88. The number of hydrogen-bond donors (Lipinski definition) is 0. The topological polar surface area (TPSA) is 57.7 Å². The third-order valence-corrected chi connectivity index (χ3v) is 6.94. The van der Waals surface area contributed by atoms with Crippen molar-refractivity contribution in [3.63, 3.8) is 0 Å². The maximum atomic E-state index is 13.4. The van der Waals surface area contributed by atoms with Crippen LogP contribution in [0.3, 0.4) is 0 Å². The summed E-state index contributed by atoms with van der Waals surface area (Å²) in [5.74, 6) is -0.776. The highest BCUT2D eigenvalue weighted by molar-refractivity contribution is 9.10. The molecule has 2 saturated carbocycles. The van der Waals surface area contributed by atoms with Crippen LogP contribution in [0.15, 0.2) is 22.7 Å². The van der Waals surface area contributed by atoms with E-state index < -0.39 is 0 Å². The van der Waals surface area contributed by atoms with Gasteiger partial charge in [-0.2, -0.15) is 0 Å². The van der Waals surface area contributed by atoms with Crippen molar-refractivity contribution in [2.45, 2.75) is 76.3 Å². The number of carbonyl (C=O) groups excluding carboxylic acids is 3. The molecule has 0 N–H and O–H groups in total. The maximum Gasteiger partial charge on any atom is 0.262 e. The monoisotopic (exact) mass is 446 g/mol. The number of benzene rings is 1. The minimum Gasteiger partial charge on any atom is -0.335 e. The van der Waals surface area contributed by atoms with Gasteiger partial charge in [0.1, 0.15) is 6.54 Å². The van der Waals surface area contributed by atoms with Gasteiger partial charge in [-0.1, -0.05) is 54.5 Å². The van der Waals surface area contributed by atoms with E-state index in [-0.39, 0.29) is 36.3 Å². The number of fused-ring (bicyclic) bond motifs is 1. The molecule has 2 fully saturated rings. The van der Waals surface area contributed by atoms with Crippen molar-refractivity contribution in [3.8, 4) is 0 Å². The summed E-state index contributed by atoms with van der Waals surface area (Å²) in [7, 11) is 0. The third kappa shape index (κ3) is 3.76. The first-order chi connectivity index (χ1) is 13.6. The van der Waals surface area contributed by atoms with Crippen molar-refractivity contribution in [2.24, 2.45) is 0 Å². The van der Waals surface area contributed by atoms with E-state index in [1.807, 2.05) is 0 Å². The first-order valence-corrected chi connectivity index (χ1v) is 11.3. The van der Waals surface area contributed by atoms with Gasteiger partial charge in [-0.15, -0.1) is 0 Å². The van der Waals surface area contributed by atoms with Gasteiger partial charge in [0.25, 0.3) is 11.8 Å². The minimum atomic E-state index is -0.359. The van der Waals surface area contributed by atoms with Gasteiger partial charge in [0.15, 0.2) is 0 Å². The minimum absolute atomic E-state index is 0.0626. The quantitative estimate of drug-likeness (QED) is 0.637. The molecule has 1 aromatic rings. The van der Waals surface area contributed by atoms with Gasteiger partial charge >= 0.3 is 0 Å². The second-order valence-corrected chi connectivity index (χ2v) is 9.19. The van der Waals surface area contributed by atoms with Crippen LogP contribution in [0.1, 0.15) is 84.9 Å². The maximum absolute atomic E-state index is 13.4. The van der Waals surface area contributed by atoms with Crippen LogP contribution in [0.5, 0.6) is 0 Å². The van der Waals surface area contributed by atoms with Crippen LogP contribution >= 0.6 is 15.9 Å². The first kappa shape index (κ1) is 19.6. The van der Waals surface area contributed by atoms with Gasteiger partial charge < -0.3 is 4.90 Å². The Morgan fingerprint density at radius 3 is 2.00 bits per heavy atom. The third-order valence-electron chi connectivity index (χ3n) is 6.45. The zero-order chi connectivity index (χ0) is 19.7. The van der Waals surface area contributed by atoms with Gasteiger partial charge in [-0.25, -0.2) is 0 Å². The molecule has 0 aromatic heterocycles. The van der Waals surface area contributed by atoms with Crippen molar-refractivity contribution in [3.05, 3.63) is 33.8 Å². The standard InChI is InChI=1S/C22H27BrN2O3/c23-15-11-12-18-19(13-15)22(28)24(21(18)27)14-20(26)25(16-7-3-1-4-8-16)17-9-5-2-6-10-17/h11-13,16-17H,1-10,14H2. The van der Waals surface area contributed by atoms with Crippen LogP contribution in [0, 0.1) is 0 Å². The lowest BCUT2D eigenvalue weighted by molar-refractivity contribution is -0.138. The van der Waals surface area contributed by atoms with Crippen molar-refractivity contribution in [2.75, 3.05) is 6.54 Å². The molecule has 1 aliphatic heterocycles. The van der Waals surface area contributed by atoms with E-state index in [1.54, 1.807) is 18.2 Å². The Morgan fingerprint density at radius 2 is 1.43 bits per heavy atom. The Hall–Kier alpha value is -1.69. The highest BCUT2D eigenvalue weighted by Crippen LogP contribution is 2.31. The van der Waals surface area contributed by atoms with Crippen LogP contribution in [0.2, 0.25) is 0 Å². The molecule has 6 heteroatoms. The van der Waals surface area contributed by atoms with E-state index in [0.29, 0.717) is 11.1 Å². The molecule has 4 rings (SSSR count). The number of nitrogens with zero attached hydrogens (tertiary/aromatic N) is 2. The predicted octanol–water partition coefficient (Wildman–Crippen LogP) is 4.54. The molecule has 0 bridgehead atoms. The van der Waals surface area contributed by atoms with E-state index in [2.05, 4.69) is 20.8 Å². The SMILES string of the molecule is O=C1c2ccc(Br)cc2C(=O)N1CC(=O)N(C1CCCCC1)C1CCCCC1. The van der Waals surface area contributed by atoms with E-state index >= 15 is 0 Å². The van der Waals surface area contributed by atoms with Crippen molar-refractivity contribution >= 4 is 33.7 Å². The van der Waals surface area contributed by atoms with Crippen molar-refractivity contribution < 1.29 is 14.4 Å². The van der Waals surface area contributed by atoms with Crippen LogP contribution in [-0.4, -0.2) is 46.1 Å². The number of halogens is 1.